The molecule has 10 nitrogen and oxygen atoms in total. The smallest absolute Gasteiger partial charge is 0.404 e. The molecule has 4 N–H and O–H groups in total. The number of hydrogen-bond donors (Lipinski definition) is 4. The first kappa shape index (κ1) is 27.0. The molecule has 3 rings (SSSR count). The summed E-state index contributed by atoms with van der Waals surface area (Å²) in [7, 11) is 1.58. The third kappa shape index (κ3) is 12.0. The first-order valence-electron chi connectivity index (χ1n) is 10.4. The zero-order valence-electron chi connectivity index (χ0n) is 18.6. The molecule has 0 aliphatic heterocycles. The normalized spacial score (nSPS) is 12.6. The second-order valence-electron chi connectivity index (χ2n) is 7.35. The lowest BCUT2D eigenvalue weighted by atomic mass is 10.3. The van der Waals surface area contributed by atoms with E-state index in [1.807, 2.05) is 0 Å². The van der Waals surface area contributed by atoms with Crippen molar-refractivity contribution in [3.8, 4) is 0 Å². The molecule has 180 valence electrons. The van der Waals surface area contributed by atoms with E-state index in [0.29, 0.717) is 11.5 Å². The molecule has 2 amide bonds. The summed E-state index contributed by atoms with van der Waals surface area (Å²) in [5.74, 6) is 0.0658. The second kappa shape index (κ2) is 14.9. The summed E-state index contributed by atoms with van der Waals surface area (Å²) in [6, 6.07) is 3.11. The van der Waals surface area contributed by atoms with E-state index < -0.39 is 19.1 Å². The van der Waals surface area contributed by atoms with Crippen LogP contribution in [0, 0.1) is 0 Å². The SMILES string of the molecule is C1CCCC1.CC(C)NC(=O)O.Cn1nc(COCC(F)F)cc1C(=O)Nc1ccn[nH]1. The van der Waals surface area contributed by atoms with Gasteiger partial charge >= 0.3 is 6.09 Å². The molecule has 0 atom stereocenters. The van der Waals surface area contributed by atoms with Crippen LogP contribution in [0.2, 0.25) is 0 Å². The van der Waals surface area contributed by atoms with Crippen molar-refractivity contribution >= 4 is 17.8 Å². The zero-order valence-corrected chi connectivity index (χ0v) is 18.6. The number of aryl methyl sites for hydroxylation is 1. The molecule has 2 aromatic heterocycles. The van der Waals surface area contributed by atoms with Crippen molar-refractivity contribution < 1.29 is 28.2 Å². The summed E-state index contributed by atoms with van der Waals surface area (Å²) in [5, 5.41) is 23.1. The standard InChI is InChI=1S/C11H13F2N5O2.C5H10.C4H9NO2/c1-18-8(11(19)15-10-2-3-14-16-10)4-7(17-18)5-20-6-9(12)13;1-2-4-5-3-1;1-3(2)5-4(6)7/h2-4,9H,5-6H2,1H3,(H2,14,15,16,19);1-5H2;3,5H,1-2H3,(H,6,7). The number of nitrogens with zero attached hydrogens (tertiary/aromatic N) is 3. The Hall–Kier alpha value is -3.02. The number of alkyl halides is 2. The molecule has 32 heavy (non-hydrogen) atoms. The molecule has 2 heterocycles. The highest BCUT2D eigenvalue weighted by Crippen LogP contribution is 2.15. The Labute approximate surface area is 185 Å². The fourth-order valence-corrected chi connectivity index (χ4v) is 2.70. The van der Waals surface area contributed by atoms with E-state index >= 15 is 0 Å². The van der Waals surface area contributed by atoms with Crippen molar-refractivity contribution in [3.05, 3.63) is 29.7 Å². The van der Waals surface area contributed by atoms with Crippen molar-refractivity contribution in [1.82, 2.24) is 25.3 Å². The zero-order chi connectivity index (χ0) is 23.9. The van der Waals surface area contributed by atoms with Gasteiger partial charge in [0.2, 0.25) is 0 Å². The van der Waals surface area contributed by atoms with Gasteiger partial charge in [-0.15, -0.1) is 0 Å². The minimum Gasteiger partial charge on any atom is -0.465 e. The van der Waals surface area contributed by atoms with E-state index in [4.69, 9.17) is 9.84 Å². The Bertz CT molecular complexity index is 785. The van der Waals surface area contributed by atoms with Crippen LogP contribution in [-0.2, 0) is 18.4 Å². The molecule has 2 aromatic rings. The summed E-state index contributed by atoms with van der Waals surface area (Å²) in [4.78, 5) is 21.6. The molecule has 0 radical (unpaired) electrons. The number of anilines is 1. The Morgan fingerprint density at radius 2 is 1.88 bits per heavy atom. The van der Waals surface area contributed by atoms with Crippen molar-refractivity contribution in [3.63, 3.8) is 0 Å². The molecule has 0 bridgehead atoms. The first-order valence-corrected chi connectivity index (χ1v) is 10.4. The monoisotopic (exact) mass is 458 g/mol. The van der Waals surface area contributed by atoms with Gasteiger partial charge in [0.25, 0.3) is 12.3 Å². The fraction of sp³-hybridized carbons (Fsp3) is 0.600. The van der Waals surface area contributed by atoms with Gasteiger partial charge in [0.1, 0.15) is 18.1 Å². The quantitative estimate of drug-likeness (QED) is 0.499. The lowest BCUT2D eigenvalue weighted by Gasteiger charge is -2.01. The fourth-order valence-electron chi connectivity index (χ4n) is 2.70. The number of carbonyl (C=O) groups excluding carboxylic acids is 1. The van der Waals surface area contributed by atoms with E-state index in [1.165, 1.54) is 49.0 Å². The number of aromatic nitrogens is 4. The molecule has 0 saturated heterocycles. The van der Waals surface area contributed by atoms with Crippen molar-refractivity contribution in [2.45, 2.75) is 65.0 Å². The minimum absolute atomic E-state index is 0.0255. The van der Waals surface area contributed by atoms with Crippen molar-refractivity contribution in [1.29, 1.82) is 0 Å². The topological polar surface area (TPSA) is 134 Å². The number of amides is 2. The van der Waals surface area contributed by atoms with Crippen LogP contribution in [0.4, 0.5) is 19.4 Å². The Kier molecular flexibility index (Phi) is 12.6. The van der Waals surface area contributed by atoms with E-state index in [1.54, 1.807) is 27.0 Å². The number of H-pyrrole nitrogens is 1. The van der Waals surface area contributed by atoms with Gasteiger partial charge in [-0.05, 0) is 19.9 Å². The number of aromatic amines is 1. The van der Waals surface area contributed by atoms with Gasteiger partial charge in [-0.3, -0.25) is 14.6 Å². The first-order chi connectivity index (χ1) is 15.2. The molecule has 0 aromatic carbocycles. The third-order valence-corrected chi connectivity index (χ3v) is 4.07. The highest BCUT2D eigenvalue weighted by atomic mass is 19.3. The van der Waals surface area contributed by atoms with Crippen LogP contribution in [0.25, 0.3) is 0 Å². The number of carbonyl (C=O) groups is 2. The molecule has 12 heteroatoms. The molecule has 0 unspecified atom stereocenters. The van der Waals surface area contributed by atoms with Gasteiger partial charge in [-0.1, -0.05) is 32.1 Å². The number of rotatable bonds is 7. The molecule has 0 spiro atoms. The van der Waals surface area contributed by atoms with Gasteiger partial charge in [-0.25, -0.2) is 13.6 Å². The number of halogens is 2. The van der Waals surface area contributed by atoms with Crippen molar-refractivity contribution in [2.75, 3.05) is 11.9 Å². The van der Waals surface area contributed by atoms with Crippen LogP contribution in [0.1, 0.15) is 62.1 Å². The number of nitrogens with one attached hydrogen (secondary N) is 3. The molecular formula is C20H32F2N6O4. The average molecular weight is 459 g/mol. The van der Waals surface area contributed by atoms with Crippen LogP contribution in [-0.4, -0.2) is 56.2 Å². The average Bonchev–Trinajstić information content (AvgIpc) is 3.44. The summed E-state index contributed by atoms with van der Waals surface area (Å²) in [6.45, 7) is 2.81. The van der Waals surface area contributed by atoms with Crippen LogP contribution in [0.15, 0.2) is 18.3 Å². The summed E-state index contributed by atoms with van der Waals surface area (Å²) in [6.07, 6.45) is 5.51. The molecule has 1 aliphatic rings. The lowest BCUT2D eigenvalue weighted by molar-refractivity contribution is 0.00871. The van der Waals surface area contributed by atoms with Crippen LogP contribution >= 0.6 is 0 Å². The van der Waals surface area contributed by atoms with E-state index in [2.05, 4.69) is 25.9 Å². The summed E-state index contributed by atoms with van der Waals surface area (Å²) >= 11 is 0. The highest BCUT2D eigenvalue weighted by Gasteiger charge is 2.14. The predicted octanol–water partition coefficient (Wildman–Crippen LogP) is 3.79. The van der Waals surface area contributed by atoms with E-state index in [9.17, 15) is 18.4 Å². The maximum absolute atomic E-state index is 11.9. The van der Waals surface area contributed by atoms with Gasteiger partial charge in [-0.2, -0.15) is 10.2 Å². The van der Waals surface area contributed by atoms with Gasteiger partial charge in [0.15, 0.2) is 0 Å². The number of ether oxygens (including phenoxy) is 1. The minimum atomic E-state index is -2.53. The van der Waals surface area contributed by atoms with Gasteiger partial charge in [0, 0.05) is 19.2 Å². The predicted molar refractivity (Wildman–Crippen MR) is 115 cm³/mol. The maximum atomic E-state index is 11.9. The largest absolute Gasteiger partial charge is 0.465 e. The Morgan fingerprint density at radius 3 is 2.31 bits per heavy atom. The van der Waals surface area contributed by atoms with Crippen LogP contribution < -0.4 is 10.6 Å². The second-order valence-corrected chi connectivity index (χ2v) is 7.35. The van der Waals surface area contributed by atoms with Crippen molar-refractivity contribution in [2.24, 2.45) is 7.05 Å². The number of hydrogen-bond acceptors (Lipinski definition) is 5. The van der Waals surface area contributed by atoms with Crippen LogP contribution in [0.5, 0.6) is 0 Å². The maximum Gasteiger partial charge on any atom is 0.404 e. The summed E-state index contributed by atoms with van der Waals surface area (Å²) in [5.41, 5.74) is 0.693. The molecular weight excluding hydrogens is 426 g/mol. The third-order valence-electron chi connectivity index (χ3n) is 4.07. The van der Waals surface area contributed by atoms with Crippen LogP contribution in [0.3, 0.4) is 0 Å². The molecule has 1 fully saturated rings. The lowest BCUT2D eigenvalue weighted by Crippen LogP contribution is -2.27. The molecule has 1 saturated carbocycles. The van der Waals surface area contributed by atoms with Gasteiger partial charge < -0.3 is 20.5 Å². The van der Waals surface area contributed by atoms with Gasteiger partial charge in [0.05, 0.1) is 18.5 Å². The Morgan fingerprint density at radius 1 is 1.25 bits per heavy atom. The highest BCUT2D eigenvalue weighted by molar-refractivity contribution is 6.02. The van der Waals surface area contributed by atoms with E-state index in [-0.39, 0.29) is 24.2 Å². The summed E-state index contributed by atoms with van der Waals surface area (Å²) < 4.78 is 30.0. The Balaban J connectivity index is 0.000000348. The molecule has 1 aliphatic carbocycles. The van der Waals surface area contributed by atoms with E-state index in [0.717, 1.165) is 0 Å². The number of carboxylic acid groups (broad SMARTS) is 1.